The summed E-state index contributed by atoms with van der Waals surface area (Å²) in [6.45, 7) is 3.29. The van der Waals surface area contributed by atoms with Gasteiger partial charge in [0.2, 0.25) is 11.0 Å². The quantitative estimate of drug-likeness (QED) is 0.823. The zero-order chi connectivity index (χ0) is 12.3. The molecule has 94 valence electrons. The number of aryl methyl sites for hydroxylation is 1. The fraction of sp³-hybridized carbons (Fsp3) is 0.700. The number of carbonyl (C=O) groups excluding carboxylic acids is 1. The summed E-state index contributed by atoms with van der Waals surface area (Å²) in [4.78, 5) is 16.3. The lowest BCUT2D eigenvalue weighted by Gasteiger charge is -2.34. The number of nitrogens with zero attached hydrogens (tertiary/aromatic N) is 2. The maximum Gasteiger partial charge on any atom is 0.233 e. The summed E-state index contributed by atoms with van der Waals surface area (Å²) in [5.41, 5.74) is 5.23. The van der Waals surface area contributed by atoms with Crippen molar-refractivity contribution in [3.63, 3.8) is 0 Å². The Morgan fingerprint density at radius 2 is 2.29 bits per heavy atom. The van der Waals surface area contributed by atoms with Crippen LogP contribution in [0.5, 0.6) is 0 Å². The van der Waals surface area contributed by atoms with Gasteiger partial charge in [0.25, 0.3) is 0 Å². The first-order chi connectivity index (χ1) is 8.16. The van der Waals surface area contributed by atoms with Crippen molar-refractivity contribution in [2.24, 2.45) is 11.1 Å². The fourth-order valence-electron chi connectivity index (χ4n) is 1.86. The van der Waals surface area contributed by atoms with Gasteiger partial charge in [0.15, 0.2) is 0 Å². The van der Waals surface area contributed by atoms with Crippen molar-refractivity contribution >= 4 is 22.6 Å². The Balaban J connectivity index is 2.07. The van der Waals surface area contributed by atoms with Crippen molar-refractivity contribution in [1.29, 1.82) is 0 Å². The minimum atomic E-state index is -0.516. The smallest absolute Gasteiger partial charge is 0.233 e. The van der Waals surface area contributed by atoms with Gasteiger partial charge < -0.3 is 15.8 Å². The van der Waals surface area contributed by atoms with Gasteiger partial charge in [0.05, 0.1) is 5.41 Å². The molecule has 1 aromatic rings. The van der Waals surface area contributed by atoms with E-state index in [1.165, 1.54) is 11.5 Å². The molecule has 7 heteroatoms. The topological polar surface area (TPSA) is 90.1 Å². The summed E-state index contributed by atoms with van der Waals surface area (Å²) in [7, 11) is 0. The first kappa shape index (κ1) is 12.4. The predicted molar refractivity (Wildman–Crippen MR) is 64.8 cm³/mol. The van der Waals surface area contributed by atoms with E-state index < -0.39 is 5.41 Å². The molecule has 0 unspecified atom stereocenters. The lowest BCUT2D eigenvalue weighted by molar-refractivity contribution is -0.130. The van der Waals surface area contributed by atoms with Crippen LogP contribution in [-0.4, -0.2) is 35.0 Å². The van der Waals surface area contributed by atoms with Gasteiger partial charge in [-0.25, -0.2) is 4.98 Å². The molecular weight excluding hydrogens is 240 g/mol. The van der Waals surface area contributed by atoms with Crippen molar-refractivity contribution in [2.45, 2.75) is 19.8 Å². The monoisotopic (exact) mass is 256 g/mol. The minimum Gasteiger partial charge on any atom is -0.381 e. The third-order valence-electron chi connectivity index (χ3n) is 3.07. The Bertz CT molecular complexity index is 401. The number of carbonyl (C=O) groups is 1. The molecule has 0 aromatic carbocycles. The normalized spacial score (nSPS) is 18.9. The van der Waals surface area contributed by atoms with Gasteiger partial charge in [-0.2, -0.15) is 4.37 Å². The molecule has 2 heterocycles. The Labute approximate surface area is 104 Å². The van der Waals surface area contributed by atoms with Crippen molar-refractivity contribution < 1.29 is 9.53 Å². The average molecular weight is 256 g/mol. The molecule has 0 spiro atoms. The molecular formula is C10H16N4O2S. The third-order valence-corrected chi connectivity index (χ3v) is 3.79. The maximum absolute atomic E-state index is 12.2. The molecule has 2 rings (SSSR count). The molecule has 1 aromatic heterocycles. The number of hydrogen-bond acceptors (Lipinski definition) is 6. The molecule has 0 saturated carbocycles. The van der Waals surface area contributed by atoms with Gasteiger partial charge in [-0.15, -0.1) is 0 Å². The number of ether oxygens (including phenoxy) is 1. The largest absolute Gasteiger partial charge is 0.381 e. The van der Waals surface area contributed by atoms with Crippen LogP contribution in [0.3, 0.4) is 0 Å². The van der Waals surface area contributed by atoms with E-state index in [1.54, 1.807) is 6.92 Å². The molecule has 1 amide bonds. The molecule has 6 nitrogen and oxygen atoms in total. The van der Waals surface area contributed by atoms with Crippen LogP contribution in [0.25, 0.3) is 0 Å². The summed E-state index contributed by atoms with van der Waals surface area (Å²) in [6, 6.07) is 0. The zero-order valence-electron chi connectivity index (χ0n) is 9.73. The Morgan fingerprint density at radius 1 is 1.59 bits per heavy atom. The second kappa shape index (κ2) is 5.07. The average Bonchev–Trinajstić information content (AvgIpc) is 2.75. The van der Waals surface area contributed by atoms with E-state index in [1.807, 2.05) is 0 Å². The van der Waals surface area contributed by atoms with Gasteiger partial charge in [-0.1, -0.05) is 0 Å². The van der Waals surface area contributed by atoms with E-state index in [2.05, 4.69) is 14.7 Å². The summed E-state index contributed by atoms with van der Waals surface area (Å²) >= 11 is 1.19. The molecule has 0 bridgehead atoms. The molecule has 1 aliphatic heterocycles. The summed E-state index contributed by atoms with van der Waals surface area (Å²) in [5.74, 6) is 0.596. The number of hydrogen-bond donors (Lipinski definition) is 2. The van der Waals surface area contributed by atoms with Crippen molar-refractivity contribution in [3.05, 3.63) is 5.82 Å². The fourth-order valence-corrected chi connectivity index (χ4v) is 2.43. The van der Waals surface area contributed by atoms with Gasteiger partial charge in [-0.05, 0) is 19.8 Å². The molecule has 3 N–H and O–H groups in total. The van der Waals surface area contributed by atoms with E-state index in [9.17, 15) is 4.79 Å². The molecule has 1 saturated heterocycles. The van der Waals surface area contributed by atoms with Gasteiger partial charge in [-0.3, -0.25) is 4.79 Å². The highest BCUT2D eigenvalue weighted by atomic mass is 32.1. The lowest BCUT2D eigenvalue weighted by atomic mass is 9.79. The number of rotatable bonds is 3. The molecule has 0 atom stereocenters. The van der Waals surface area contributed by atoms with Crippen LogP contribution in [0.1, 0.15) is 18.7 Å². The number of aromatic nitrogens is 2. The first-order valence-corrected chi connectivity index (χ1v) is 6.33. The van der Waals surface area contributed by atoms with E-state index in [4.69, 9.17) is 10.5 Å². The van der Waals surface area contributed by atoms with Crippen LogP contribution < -0.4 is 11.1 Å². The van der Waals surface area contributed by atoms with Crippen LogP contribution in [0.4, 0.5) is 5.13 Å². The number of amides is 1. The second-order valence-electron chi connectivity index (χ2n) is 4.20. The minimum absolute atomic E-state index is 0.0700. The van der Waals surface area contributed by atoms with Gasteiger partial charge in [0, 0.05) is 31.3 Å². The van der Waals surface area contributed by atoms with E-state index in [0.717, 1.165) is 0 Å². The summed E-state index contributed by atoms with van der Waals surface area (Å²) in [5, 5.41) is 3.33. The maximum atomic E-state index is 12.2. The number of anilines is 1. The number of nitrogens with two attached hydrogens (primary N) is 1. The second-order valence-corrected chi connectivity index (χ2v) is 4.95. The molecule has 0 radical (unpaired) electrons. The van der Waals surface area contributed by atoms with Crippen molar-refractivity contribution in [2.75, 3.05) is 25.1 Å². The lowest BCUT2D eigenvalue weighted by Crippen LogP contribution is -2.46. The molecule has 1 fully saturated rings. The molecule has 17 heavy (non-hydrogen) atoms. The first-order valence-electron chi connectivity index (χ1n) is 5.56. The molecule has 1 aliphatic rings. The Hall–Kier alpha value is -1.05. The highest BCUT2D eigenvalue weighted by Crippen LogP contribution is 2.31. The number of nitrogens with one attached hydrogen (secondary N) is 1. The SMILES string of the molecule is Cc1nsc(NC(=O)C2(CN)CCOCC2)n1. The van der Waals surface area contributed by atoms with Gasteiger partial charge >= 0.3 is 0 Å². The summed E-state index contributed by atoms with van der Waals surface area (Å²) in [6.07, 6.45) is 1.32. The van der Waals surface area contributed by atoms with Crippen LogP contribution in [0, 0.1) is 12.3 Å². The van der Waals surface area contributed by atoms with Crippen LogP contribution in [0.15, 0.2) is 0 Å². The summed E-state index contributed by atoms with van der Waals surface area (Å²) < 4.78 is 9.29. The Morgan fingerprint density at radius 3 is 2.82 bits per heavy atom. The predicted octanol–water partition coefficient (Wildman–Crippen LogP) is 0.541. The van der Waals surface area contributed by atoms with Crippen LogP contribution in [-0.2, 0) is 9.53 Å². The van der Waals surface area contributed by atoms with Gasteiger partial charge in [0.1, 0.15) is 5.82 Å². The highest BCUT2D eigenvalue weighted by molar-refractivity contribution is 7.09. The standard InChI is InChI=1S/C10H16N4O2S/c1-7-12-9(17-14-7)13-8(15)10(6-11)2-4-16-5-3-10/h2-6,11H2,1H3,(H,12,13,14,15). The van der Waals surface area contributed by atoms with Crippen molar-refractivity contribution in [1.82, 2.24) is 9.36 Å². The highest BCUT2D eigenvalue weighted by Gasteiger charge is 2.39. The van der Waals surface area contributed by atoms with Crippen LogP contribution >= 0.6 is 11.5 Å². The van der Waals surface area contributed by atoms with E-state index in [0.29, 0.717) is 43.6 Å². The zero-order valence-corrected chi connectivity index (χ0v) is 10.5. The Kier molecular flexibility index (Phi) is 3.70. The van der Waals surface area contributed by atoms with E-state index in [-0.39, 0.29) is 5.91 Å². The third kappa shape index (κ3) is 2.62. The molecule has 0 aliphatic carbocycles. The van der Waals surface area contributed by atoms with Crippen LogP contribution in [0.2, 0.25) is 0 Å². The van der Waals surface area contributed by atoms with Crippen molar-refractivity contribution in [3.8, 4) is 0 Å². The van der Waals surface area contributed by atoms with E-state index >= 15 is 0 Å².